The van der Waals surface area contributed by atoms with Crippen molar-refractivity contribution in [1.29, 1.82) is 0 Å². The van der Waals surface area contributed by atoms with Crippen molar-refractivity contribution in [3.8, 4) is 0 Å². The molecule has 0 aliphatic carbocycles. The predicted molar refractivity (Wildman–Crippen MR) is 79.8 cm³/mol. The molecule has 0 aliphatic rings. The van der Waals surface area contributed by atoms with E-state index in [1.54, 1.807) is 0 Å². The molecule has 0 bridgehead atoms. The lowest BCUT2D eigenvalue weighted by Gasteiger charge is -2.27. The van der Waals surface area contributed by atoms with Gasteiger partial charge in [-0.25, -0.2) is 0 Å². The molecule has 0 saturated heterocycles. The normalized spacial score (nSPS) is 13.9. The summed E-state index contributed by atoms with van der Waals surface area (Å²) >= 11 is 0. The monoisotopic (exact) mass is 286 g/mol. The summed E-state index contributed by atoms with van der Waals surface area (Å²) in [7, 11) is 0. The van der Waals surface area contributed by atoms with Gasteiger partial charge in [-0.1, -0.05) is 65.2 Å². The SMILES string of the molecule is CCCCCCCCCC(CCC)(CC(=O)O)C(=O)O. The minimum absolute atomic E-state index is 0.258. The van der Waals surface area contributed by atoms with Gasteiger partial charge < -0.3 is 10.2 Å². The van der Waals surface area contributed by atoms with Crippen LogP contribution in [0.2, 0.25) is 0 Å². The maximum atomic E-state index is 11.5. The Morgan fingerprint density at radius 2 is 1.35 bits per heavy atom. The number of carboxylic acids is 2. The molecule has 1 atom stereocenters. The predicted octanol–water partition coefficient (Wildman–Crippen LogP) is 4.47. The Kier molecular flexibility index (Phi) is 10.1. The van der Waals surface area contributed by atoms with Gasteiger partial charge in [-0.3, -0.25) is 9.59 Å². The first-order valence-electron chi connectivity index (χ1n) is 7.93. The van der Waals surface area contributed by atoms with Crippen LogP contribution in [0.1, 0.15) is 84.5 Å². The maximum absolute atomic E-state index is 11.5. The summed E-state index contributed by atoms with van der Waals surface area (Å²) in [5, 5.41) is 18.4. The highest BCUT2D eigenvalue weighted by Gasteiger charge is 2.39. The molecule has 0 aromatic heterocycles. The van der Waals surface area contributed by atoms with Gasteiger partial charge in [0.05, 0.1) is 11.8 Å². The second kappa shape index (κ2) is 10.7. The summed E-state index contributed by atoms with van der Waals surface area (Å²) in [6, 6.07) is 0. The lowest BCUT2D eigenvalue weighted by molar-refractivity contribution is -0.157. The molecule has 0 aromatic rings. The van der Waals surface area contributed by atoms with Gasteiger partial charge >= 0.3 is 11.9 Å². The summed E-state index contributed by atoms with van der Waals surface area (Å²) < 4.78 is 0. The average Bonchev–Trinajstić information content (AvgIpc) is 2.36. The Hall–Kier alpha value is -1.06. The molecule has 0 heterocycles. The van der Waals surface area contributed by atoms with Crippen LogP contribution >= 0.6 is 0 Å². The van der Waals surface area contributed by atoms with Crippen LogP contribution in [0.25, 0.3) is 0 Å². The molecule has 2 N–H and O–H groups in total. The summed E-state index contributed by atoms with van der Waals surface area (Å²) in [4.78, 5) is 22.4. The van der Waals surface area contributed by atoms with E-state index in [1.807, 2.05) is 6.92 Å². The Balaban J connectivity index is 4.21. The minimum Gasteiger partial charge on any atom is -0.481 e. The Morgan fingerprint density at radius 1 is 0.800 bits per heavy atom. The van der Waals surface area contributed by atoms with E-state index in [0.717, 1.165) is 19.3 Å². The van der Waals surface area contributed by atoms with E-state index in [4.69, 9.17) is 5.11 Å². The smallest absolute Gasteiger partial charge is 0.310 e. The van der Waals surface area contributed by atoms with Crippen molar-refractivity contribution in [2.75, 3.05) is 0 Å². The number of carbonyl (C=O) groups is 2. The Labute approximate surface area is 122 Å². The minimum atomic E-state index is -1.07. The Morgan fingerprint density at radius 3 is 1.80 bits per heavy atom. The molecule has 0 saturated carbocycles. The van der Waals surface area contributed by atoms with Crippen molar-refractivity contribution < 1.29 is 19.8 Å². The average molecular weight is 286 g/mol. The van der Waals surface area contributed by atoms with E-state index in [9.17, 15) is 14.7 Å². The van der Waals surface area contributed by atoms with Crippen molar-refractivity contribution in [1.82, 2.24) is 0 Å². The molecule has 0 amide bonds. The zero-order valence-corrected chi connectivity index (χ0v) is 13.0. The molecule has 0 aromatic carbocycles. The molecular formula is C16H30O4. The highest BCUT2D eigenvalue weighted by Crippen LogP contribution is 2.35. The molecule has 0 spiro atoms. The summed E-state index contributed by atoms with van der Waals surface area (Å²) in [6.07, 6.45) is 9.22. The fourth-order valence-corrected chi connectivity index (χ4v) is 2.78. The lowest BCUT2D eigenvalue weighted by atomic mass is 9.76. The fraction of sp³-hybridized carbons (Fsp3) is 0.875. The van der Waals surface area contributed by atoms with E-state index in [-0.39, 0.29) is 6.42 Å². The van der Waals surface area contributed by atoms with Gasteiger partial charge in [0.1, 0.15) is 0 Å². The van der Waals surface area contributed by atoms with Gasteiger partial charge in [-0.05, 0) is 12.8 Å². The standard InChI is InChI=1S/C16H30O4/c1-3-5-6-7-8-9-10-12-16(11-4-2,15(19)20)13-14(17)18/h3-13H2,1-2H3,(H,17,18)(H,19,20). The topological polar surface area (TPSA) is 74.6 Å². The second-order valence-corrected chi connectivity index (χ2v) is 5.78. The number of aliphatic carboxylic acids is 2. The van der Waals surface area contributed by atoms with E-state index in [2.05, 4.69) is 6.92 Å². The quantitative estimate of drug-likeness (QED) is 0.490. The molecule has 0 rings (SSSR count). The highest BCUT2D eigenvalue weighted by molar-refractivity contribution is 5.81. The number of hydrogen-bond donors (Lipinski definition) is 2. The molecule has 1 unspecified atom stereocenters. The van der Waals surface area contributed by atoms with E-state index in [1.165, 1.54) is 25.7 Å². The van der Waals surface area contributed by atoms with Gasteiger partial charge in [-0.15, -0.1) is 0 Å². The summed E-state index contributed by atoms with van der Waals surface area (Å²) in [5.41, 5.74) is -1.07. The molecule has 20 heavy (non-hydrogen) atoms. The first kappa shape index (κ1) is 18.9. The first-order chi connectivity index (χ1) is 9.48. The zero-order valence-electron chi connectivity index (χ0n) is 13.0. The van der Waals surface area contributed by atoms with Crippen molar-refractivity contribution in [3.05, 3.63) is 0 Å². The third-order valence-corrected chi connectivity index (χ3v) is 3.93. The summed E-state index contributed by atoms with van der Waals surface area (Å²) in [5.74, 6) is -1.96. The van der Waals surface area contributed by atoms with Gasteiger partial charge in [0.15, 0.2) is 0 Å². The molecule has 118 valence electrons. The number of unbranched alkanes of at least 4 members (excludes halogenated alkanes) is 6. The summed E-state index contributed by atoms with van der Waals surface area (Å²) in [6.45, 7) is 4.09. The van der Waals surface area contributed by atoms with E-state index < -0.39 is 17.4 Å². The van der Waals surface area contributed by atoms with Crippen LogP contribution < -0.4 is 0 Å². The van der Waals surface area contributed by atoms with Crippen LogP contribution in [-0.4, -0.2) is 22.2 Å². The molecular weight excluding hydrogens is 256 g/mol. The van der Waals surface area contributed by atoms with Crippen LogP contribution in [0.5, 0.6) is 0 Å². The van der Waals surface area contributed by atoms with Gasteiger partial charge in [-0.2, -0.15) is 0 Å². The van der Waals surface area contributed by atoms with Crippen molar-refractivity contribution >= 4 is 11.9 Å². The molecule has 4 heteroatoms. The largest absolute Gasteiger partial charge is 0.481 e. The van der Waals surface area contributed by atoms with Crippen LogP contribution in [0.3, 0.4) is 0 Å². The van der Waals surface area contributed by atoms with E-state index >= 15 is 0 Å². The molecule has 4 nitrogen and oxygen atoms in total. The molecule has 0 aliphatic heterocycles. The lowest BCUT2D eigenvalue weighted by Crippen LogP contribution is -2.33. The highest BCUT2D eigenvalue weighted by atomic mass is 16.4. The fourth-order valence-electron chi connectivity index (χ4n) is 2.78. The van der Waals surface area contributed by atoms with Crippen molar-refractivity contribution in [3.63, 3.8) is 0 Å². The van der Waals surface area contributed by atoms with Gasteiger partial charge in [0.25, 0.3) is 0 Å². The zero-order chi connectivity index (χ0) is 15.4. The van der Waals surface area contributed by atoms with Gasteiger partial charge in [0.2, 0.25) is 0 Å². The van der Waals surface area contributed by atoms with Crippen LogP contribution in [0.15, 0.2) is 0 Å². The third-order valence-electron chi connectivity index (χ3n) is 3.93. The first-order valence-corrected chi connectivity index (χ1v) is 7.93. The molecule has 0 fully saturated rings. The van der Waals surface area contributed by atoms with Crippen LogP contribution in [0.4, 0.5) is 0 Å². The van der Waals surface area contributed by atoms with E-state index in [0.29, 0.717) is 19.3 Å². The number of carboxylic acid groups (broad SMARTS) is 2. The van der Waals surface area contributed by atoms with Crippen molar-refractivity contribution in [2.45, 2.75) is 84.5 Å². The maximum Gasteiger partial charge on any atom is 0.310 e. The number of hydrogen-bond acceptors (Lipinski definition) is 2. The Bertz CT molecular complexity index is 288. The molecule has 0 radical (unpaired) electrons. The second-order valence-electron chi connectivity index (χ2n) is 5.78. The van der Waals surface area contributed by atoms with Crippen molar-refractivity contribution in [2.24, 2.45) is 5.41 Å². The third kappa shape index (κ3) is 7.51. The van der Waals surface area contributed by atoms with Crippen LogP contribution in [-0.2, 0) is 9.59 Å². The number of rotatable bonds is 13. The van der Waals surface area contributed by atoms with Gasteiger partial charge in [0, 0.05) is 0 Å². The van der Waals surface area contributed by atoms with Crippen LogP contribution in [0, 0.1) is 5.41 Å².